The number of anilines is 1. The van der Waals surface area contributed by atoms with Gasteiger partial charge >= 0.3 is 0 Å². The Kier molecular flexibility index (Phi) is 3.19. The normalized spacial score (nSPS) is 17.9. The number of pyridine rings is 1. The molecule has 1 aliphatic heterocycles. The van der Waals surface area contributed by atoms with Crippen LogP contribution in [-0.2, 0) is 0 Å². The Morgan fingerprint density at radius 1 is 1.41 bits per heavy atom. The van der Waals surface area contributed by atoms with Gasteiger partial charge in [-0.05, 0) is 24.3 Å². The topological polar surface area (TPSA) is 16.1 Å². The fraction of sp³-hybridized carbons (Fsp3) is 0.417. The van der Waals surface area contributed by atoms with Gasteiger partial charge in [0.05, 0.1) is 15.9 Å². The summed E-state index contributed by atoms with van der Waals surface area (Å²) in [5.41, 5.74) is 2.24. The predicted octanol–water partition coefficient (Wildman–Crippen LogP) is 3.85. The maximum atomic E-state index is 6.08. The van der Waals surface area contributed by atoms with Crippen LogP contribution >= 0.6 is 35.6 Å². The van der Waals surface area contributed by atoms with Crippen LogP contribution in [0.1, 0.15) is 12.8 Å². The number of piperidine rings is 1. The Hall–Kier alpha value is -0.450. The van der Waals surface area contributed by atoms with Gasteiger partial charge in [-0.2, -0.15) is 12.6 Å². The van der Waals surface area contributed by atoms with Crippen molar-refractivity contribution in [1.82, 2.24) is 4.98 Å². The molecule has 2 nitrogen and oxygen atoms in total. The van der Waals surface area contributed by atoms with Crippen LogP contribution in [0.15, 0.2) is 17.5 Å². The minimum absolute atomic E-state index is 0.544. The molecule has 0 N–H and O–H groups in total. The van der Waals surface area contributed by atoms with E-state index in [4.69, 9.17) is 11.6 Å². The van der Waals surface area contributed by atoms with Crippen LogP contribution in [-0.4, -0.2) is 23.3 Å². The molecule has 0 saturated carbocycles. The van der Waals surface area contributed by atoms with E-state index in [1.165, 1.54) is 10.4 Å². The molecule has 1 fully saturated rings. The highest BCUT2D eigenvalue weighted by Crippen LogP contribution is 2.34. The summed E-state index contributed by atoms with van der Waals surface area (Å²) >= 11 is 12.3. The molecule has 0 atom stereocenters. The summed E-state index contributed by atoms with van der Waals surface area (Å²) in [4.78, 5) is 6.74. The molecule has 3 rings (SSSR count). The first kappa shape index (κ1) is 11.6. The SMILES string of the molecule is SC1CCN(c2cc(Cl)nc3ccsc23)CC1. The molecular formula is C12H13ClN2S2. The number of thiophene rings is 1. The van der Waals surface area contributed by atoms with Gasteiger partial charge in [0.15, 0.2) is 0 Å². The third kappa shape index (κ3) is 2.26. The lowest BCUT2D eigenvalue weighted by molar-refractivity contribution is 0.595. The van der Waals surface area contributed by atoms with Gasteiger partial charge in [-0.25, -0.2) is 4.98 Å². The third-order valence-electron chi connectivity index (χ3n) is 3.17. The number of hydrogen-bond donors (Lipinski definition) is 1. The molecule has 90 valence electrons. The first-order valence-corrected chi connectivity index (χ1v) is 7.48. The van der Waals surface area contributed by atoms with Crippen molar-refractivity contribution in [2.45, 2.75) is 18.1 Å². The number of nitrogens with zero attached hydrogens (tertiary/aromatic N) is 2. The average molecular weight is 285 g/mol. The van der Waals surface area contributed by atoms with E-state index in [0.29, 0.717) is 10.4 Å². The van der Waals surface area contributed by atoms with Crippen LogP contribution in [0.25, 0.3) is 10.2 Å². The monoisotopic (exact) mass is 284 g/mol. The molecule has 0 aliphatic carbocycles. The van der Waals surface area contributed by atoms with Crippen molar-refractivity contribution in [2.24, 2.45) is 0 Å². The van der Waals surface area contributed by atoms with Crippen molar-refractivity contribution in [1.29, 1.82) is 0 Å². The summed E-state index contributed by atoms with van der Waals surface area (Å²) < 4.78 is 1.24. The number of aromatic nitrogens is 1. The fourth-order valence-corrected chi connectivity index (χ4v) is 3.55. The van der Waals surface area contributed by atoms with E-state index in [-0.39, 0.29) is 0 Å². The largest absolute Gasteiger partial charge is 0.370 e. The van der Waals surface area contributed by atoms with Crippen molar-refractivity contribution < 1.29 is 0 Å². The molecule has 0 aromatic carbocycles. The van der Waals surface area contributed by atoms with E-state index >= 15 is 0 Å². The highest BCUT2D eigenvalue weighted by Gasteiger charge is 2.19. The molecule has 0 amide bonds. The van der Waals surface area contributed by atoms with Gasteiger partial charge in [0.1, 0.15) is 5.15 Å². The lowest BCUT2D eigenvalue weighted by Crippen LogP contribution is -2.34. The quantitative estimate of drug-likeness (QED) is 0.632. The number of hydrogen-bond acceptors (Lipinski definition) is 4. The van der Waals surface area contributed by atoms with E-state index in [1.807, 2.05) is 12.1 Å². The zero-order chi connectivity index (χ0) is 11.8. The lowest BCUT2D eigenvalue weighted by atomic mass is 10.1. The van der Waals surface area contributed by atoms with E-state index in [1.54, 1.807) is 11.3 Å². The van der Waals surface area contributed by atoms with Gasteiger partial charge in [0.25, 0.3) is 0 Å². The van der Waals surface area contributed by atoms with Gasteiger partial charge in [-0.1, -0.05) is 11.6 Å². The molecule has 3 heterocycles. The van der Waals surface area contributed by atoms with Crippen LogP contribution < -0.4 is 4.90 Å². The Morgan fingerprint density at radius 3 is 2.94 bits per heavy atom. The smallest absolute Gasteiger partial charge is 0.131 e. The van der Waals surface area contributed by atoms with E-state index < -0.39 is 0 Å². The van der Waals surface area contributed by atoms with E-state index in [0.717, 1.165) is 31.4 Å². The second-order valence-corrected chi connectivity index (χ2v) is 6.35. The predicted molar refractivity (Wildman–Crippen MR) is 78.9 cm³/mol. The van der Waals surface area contributed by atoms with Crippen LogP contribution in [0, 0.1) is 0 Å². The minimum Gasteiger partial charge on any atom is -0.370 e. The number of thiol groups is 1. The molecule has 1 aliphatic rings. The van der Waals surface area contributed by atoms with E-state index in [9.17, 15) is 0 Å². The Morgan fingerprint density at radius 2 is 2.18 bits per heavy atom. The second-order valence-electron chi connectivity index (χ2n) is 4.32. The molecule has 0 bridgehead atoms. The maximum Gasteiger partial charge on any atom is 0.131 e. The number of halogens is 1. The summed E-state index contributed by atoms with van der Waals surface area (Å²) in [6.07, 6.45) is 2.27. The Balaban J connectivity index is 2.01. The molecule has 2 aromatic rings. The molecule has 0 radical (unpaired) electrons. The van der Waals surface area contributed by atoms with Crippen molar-refractivity contribution >= 4 is 51.5 Å². The summed E-state index contributed by atoms with van der Waals surface area (Å²) in [6, 6.07) is 4.01. The molecule has 1 saturated heterocycles. The minimum atomic E-state index is 0.544. The molecule has 0 unspecified atom stereocenters. The van der Waals surface area contributed by atoms with Gasteiger partial charge in [0, 0.05) is 24.4 Å². The van der Waals surface area contributed by atoms with Crippen LogP contribution in [0.5, 0.6) is 0 Å². The summed E-state index contributed by atoms with van der Waals surface area (Å²) in [5, 5.41) is 3.20. The van der Waals surface area contributed by atoms with Gasteiger partial charge in [-0.15, -0.1) is 11.3 Å². The molecule has 17 heavy (non-hydrogen) atoms. The molecular weight excluding hydrogens is 272 g/mol. The first-order valence-electron chi connectivity index (χ1n) is 5.71. The third-order valence-corrected chi connectivity index (χ3v) is 4.80. The highest BCUT2D eigenvalue weighted by atomic mass is 35.5. The van der Waals surface area contributed by atoms with Crippen molar-refractivity contribution in [3.8, 4) is 0 Å². The fourth-order valence-electron chi connectivity index (χ4n) is 2.25. The summed E-state index contributed by atoms with van der Waals surface area (Å²) in [7, 11) is 0. The Bertz CT molecular complexity index is 532. The standard InChI is InChI=1S/C12H13ClN2S2/c13-11-7-10(12-9(14-11)3-6-17-12)15-4-1-8(16)2-5-15/h3,6-8,16H,1-2,4-5H2. The average Bonchev–Trinajstić information content (AvgIpc) is 2.77. The van der Waals surface area contributed by atoms with Crippen molar-refractivity contribution in [3.05, 3.63) is 22.7 Å². The number of rotatable bonds is 1. The molecule has 5 heteroatoms. The van der Waals surface area contributed by atoms with Crippen molar-refractivity contribution in [3.63, 3.8) is 0 Å². The Labute approximate surface area is 115 Å². The number of fused-ring (bicyclic) bond motifs is 1. The van der Waals surface area contributed by atoms with Crippen LogP contribution in [0.3, 0.4) is 0 Å². The van der Waals surface area contributed by atoms with Crippen molar-refractivity contribution in [2.75, 3.05) is 18.0 Å². The molecule has 0 spiro atoms. The summed E-state index contributed by atoms with van der Waals surface area (Å²) in [5.74, 6) is 0. The van der Waals surface area contributed by atoms with Gasteiger partial charge < -0.3 is 4.90 Å². The second kappa shape index (κ2) is 4.67. The lowest BCUT2D eigenvalue weighted by Gasteiger charge is -2.32. The van der Waals surface area contributed by atoms with Crippen LogP contribution in [0.2, 0.25) is 5.15 Å². The zero-order valence-corrected chi connectivity index (χ0v) is 11.7. The van der Waals surface area contributed by atoms with Crippen LogP contribution in [0.4, 0.5) is 5.69 Å². The van der Waals surface area contributed by atoms with Gasteiger partial charge in [0.2, 0.25) is 0 Å². The highest BCUT2D eigenvalue weighted by molar-refractivity contribution is 7.80. The summed E-state index contributed by atoms with van der Waals surface area (Å²) in [6.45, 7) is 2.11. The zero-order valence-electron chi connectivity index (χ0n) is 9.27. The van der Waals surface area contributed by atoms with Gasteiger partial charge in [-0.3, -0.25) is 0 Å². The maximum absolute atomic E-state index is 6.08. The first-order chi connectivity index (χ1) is 8.24. The molecule has 2 aromatic heterocycles. The van der Waals surface area contributed by atoms with E-state index in [2.05, 4.69) is 27.9 Å².